The Bertz CT molecular complexity index is 304. The van der Waals surface area contributed by atoms with Crippen LogP contribution < -0.4 is 0 Å². The number of hydrogen-bond donors (Lipinski definition) is 1. The van der Waals surface area contributed by atoms with E-state index >= 15 is 0 Å². The lowest BCUT2D eigenvalue weighted by Gasteiger charge is -2.04. The molecular weight excluding hydrogens is 180 g/mol. The van der Waals surface area contributed by atoms with Gasteiger partial charge in [0.05, 0.1) is 6.61 Å². The molecule has 0 fully saturated rings. The molecular formula is C11H12O3. The number of ether oxygens (including phenoxy) is 1. The number of carbonyl (C=O) groups excluding carboxylic acids is 1. The van der Waals surface area contributed by atoms with E-state index in [0.29, 0.717) is 12.9 Å². The first-order valence-corrected chi connectivity index (χ1v) is 4.29. The Kier molecular flexibility index (Phi) is 4.44. The van der Waals surface area contributed by atoms with Crippen molar-refractivity contribution in [2.45, 2.75) is 6.61 Å². The van der Waals surface area contributed by atoms with Crippen LogP contribution >= 0.6 is 0 Å². The summed E-state index contributed by atoms with van der Waals surface area (Å²) in [7, 11) is 0. The molecule has 0 spiro atoms. The number of rotatable bonds is 5. The van der Waals surface area contributed by atoms with Crippen molar-refractivity contribution in [1.29, 1.82) is 0 Å². The number of carbonyl (C=O) groups is 1. The van der Waals surface area contributed by atoms with E-state index in [-0.39, 0.29) is 12.4 Å². The Morgan fingerprint density at radius 1 is 1.36 bits per heavy atom. The topological polar surface area (TPSA) is 46.5 Å². The molecule has 0 unspecified atom stereocenters. The number of aliphatic hydroxyl groups is 1. The zero-order valence-electron chi connectivity index (χ0n) is 7.72. The van der Waals surface area contributed by atoms with E-state index in [1.807, 2.05) is 30.3 Å². The predicted molar refractivity (Wildman–Crippen MR) is 52.5 cm³/mol. The average Bonchev–Trinajstić information content (AvgIpc) is 2.25. The summed E-state index contributed by atoms with van der Waals surface area (Å²) < 4.78 is 5.15. The van der Waals surface area contributed by atoms with Gasteiger partial charge in [-0.2, -0.15) is 0 Å². The molecule has 3 nitrogen and oxygen atoms in total. The van der Waals surface area contributed by atoms with Gasteiger partial charge in [0.2, 0.25) is 0 Å². The normalized spacial score (nSPS) is 11.1. The van der Waals surface area contributed by atoms with Gasteiger partial charge in [-0.1, -0.05) is 30.3 Å². The second-order valence-electron chi connectivity index (χ2n) is 2.68. The lowest BCUT2D eigenvalue weighted by molar-refractivity contribution is -0.108. The van der Waals surface area contributed by atoms with Crippen LogP contribution in [0.25, 0.3) is 0 Å². The van der Waals surface area contributed by atoms with Crippen LogP contribution in [0, 0.1) is 0 Å². The molecule has 0 aliphatic heterocycles. The van der Waals surface area contributed by atoms with Gasteiger partial charge in [-0.15, -0.1) is 0 Å². The second-order valence-corrected chi connectivity index (χ2v) is 2.68. The highest BCUT2D eigenvalue weighted by atomic mass is 16.5. The third-order valence-electron chi connectivity index (χ3n) is 1.66. The average molecular weight is 192 g/mol. The second kappa shape index (κ2) is 5.94. The van der Waals surface area contributed by atoms with Gasteiger partial charge in [-0.05, 0) is 11.6 Å². The van der Waals surface area contributed by atoms with Gasteiger partial charge in [0.25, 0.3) is 0 Å². The first kappa shape index (κ1) is 10.5. The number of aliphatic hydroxyl groups excluding tert-OH is 1. The third-order valence-corrected chi connectivity index (χ3v) is 1.66. The summed E-state index contributed by atoms with van der Waals surface area (Å²) in [6, 6.07) is 9.51. The van der Waals surface area contributed by atoms with Crippen LogP contribution in [0.1, 0.15) is 5.56 Å². The molecule has 1 aromatic carbocycles. The minimum Gasteiger partial charge on any atom is -0.486 e. The molecule has 74 valence electrons. The maximum Gasteiger partial charge on any atom is 0.184 e. The van der Waals surface area contributed by atoms with Gasteiger partial charge in [0.15, 0.2) is 12.0 Å². The van der Waals surface area contributed by atoms with Crippen LogP contribution in [0.2, 0.25) is 0 Å². The standard InChI is InChI=1S/C11H12O3/c12-7-6-11(8-13)14-9-10-4-2-1-3-5-10/h1-6,8,12H,7,9H2/b11-6+. The van der Waals surface area contributed by atoms with Crippen LogP contribution in [-0.4, -0.2) is 18.0 Å². The van der Waals surface area contributed by atoms with Gasteiger partial charge in [-0.25, -0.2) is 0 Å². The fraction of sp³-hybridized carbons (Fsp3) is 0.182. The fourth-order valence-corrected chi connectivity index (χ4v) is 0.972. The summed E-state index contributed by atoms with van der Waals surface area (Å²) in [6.45, 7) is 0.147. The summed E-state index contributed by atoms with van der Waals surface area (Å²) in [5, 5.41) is 8.55. The lowest BCUT2D eigenvalue weighted by Crippen LogP contribution is -1.96. The van der Waals surface area contributed by atoms with Gasteiger partial charge in [0, 0.05) is 0 Å². The maximum atomic E-state index is 10.4. The summed E-state index contributed by atoms with van der Waals surface area (Å²) in [4.78, 5) is 10.4. The highest BCUT2D eigenvalue weighted by Gasteiger charge is 1.96. The van der Waals surface area contributed by atoms with Crippen molar-refractivity contribution in [2.24, 2.45) is 0 Å². The minimum atomic E-state index is -0.192. The number of aldehydes is 1. The van der Waals surface area contributed by atoms with E-state index in [1.54, 1.807) is 0 Å². The van der Waals surface area contributed by atoms with Crippen molar-refractivity contribution in [2.75, 3.05) is 6.61 Å². The number of allylic oxidation sites excluding steroid dienone is 1. The summed E-state index contributed by atoms with van der Waals surface area (Å²) in [5.74, 6) is 0.163. The number of hydrogen-bond acceptors (Lipinski definition) is 3. The molecule has 0 saturated heterocycles. The van der Waals surface area contributed by atoms with Gasteiger partial charge >= 0.3 is 0 Å². The Labute approximate surface area is 82.6 Å². The molecule has 0 bridgehead atoms. The molecule has 1 rings (SSSR count). The van der Waals surface area contributed by atoms with Crippen LogP contribution in [0.15, 0.2) is 42.2 Å². The summed E-state index contributed by atoms with van der Waals surface area (Å²) >= 11 is 0. The van der Waals surface area contributed by atoms with E-state index in [0.717, 1.165) is 5.56 Å². The zero-order valence-corrected chi connectivity index (χ0v) is 7.72. The summed E-state index contributed by atoms with van der Waals surface area (Å²) in [6.07, 6.45) is 1.91. The van der Waals surface area contributed by atoms with E-state index in [9.17, 15) is 4.79 Å². The molecule has 14 heavy (non-hydrogen) atoms. The molecule has 0 atom stereocenters. The van der Waals surface area contributed by atoms with E-state index < -0.39 is 0 Å². The Morgan fingerprint density at radius 3 is 2.64 bits per heavy atom. The Balaban J connectivity index is 2.48. The first-order chi connectivity index (χ1) is 6.86. The predicted octanol–water partition coefficient (Wildman–Crippen LogP) is 1.28. The van der Waals surface area contributed by atoms with Crippen LogP contribution in [0.3, 0.4) is 0 Å². The fourth-order valence-electron chi connectivity index (χ4n) is 0.972. The molecule has 0 aromatic heterocycles. The molecule has 0 aliphatic rings. The quantitative estimate of drug-likeness (QED) is 0.434. The molecule has 0 aliphatic carbocycles. The minimum absolute atomic E-state index is 0.163. The summed E-state index contributed by atoms with van der Waals surface area (Å²) in [5.41, 5.74) is 0.984. The molecule has 0 saturated carbocycles. The smallest absolute Gasteiger partial charge is 0.184 e. The van der Waals surface area contributed by atoms with Gasteiger partial charge in [0.1, 0.15) is 6.61 Å². The van der Waals surface area contributed by atoms with Crippen molar-refractivity contribution in [3.63, 3.8) is 0 Å². The third kappa shape index (κ3) is 3.41. The van der Waals surface area contributed by atoms with E-state index in [1.165, 1.54) is 6.08 Å². The SMILES string of the molecule is O=C/C(=C\CO)OCc1ccccc1. The molecule has 1 aromatic rings. The van der Waals surface area contributed by atoms with Crippen molar-refractivity contribution >= 4 is 6.29 Å². The van der Waals surface area contributed by atoms with Crippen LogP contribution in [0.4, 0.5) is 0 Å². The van der Waals surface area contributed by atoms with Crippen molar-refractivity contribution in [1.82, 2.24) is 0 Å². The molecule has 1 N–H and O–H groups in total. The Morgan fingerprint density at radius 2 is 2.07 bits per heavy atom. The van der Waals surface area contributed by atoms with Gasteiger partial charge in [-0.3, -0.25) is 4.79 Å². The van der Waals surface area contributed by atoms with Crippen LogP contribution in [0.5, 0.6) is 0 Å². The van der Waals surface area contributed by atoms with Crippen molar-refractivity contribution < 1.29 is 14.6 Å². The largest absolute Gasteiger partial charge is 0.486 e. The highest BCUT2D eigenvalue weighted by molar-refractivity contribution is 5.70. The van der Waals surface area contributed by atoms with Crippen molar-refractivity contribution in [3.8, 4) is 0 Å². The van der Waals surface area contributed by atoms with Crippen LogP contribution in [-0.2, 0) is 16.1 Å². The molecule has 0 radical (unpaired) electrons. The number of benzene rings is 1. The van der Waals surface area contributed by atoms with E-state index in [4.69, 9.17) is 9.84 Å². The monoisotopic (exact) mass is 192 g/mol. The highest BCUT2D eigenvalue weighted by Crippen LogP contribution is 2.03. The van der Waals surface area contributed by atoms with Gasteiger partial charge < -0.3 is 9.84 Å². The Hall–Kier alpha value is -1.61. The molecule has 0 heterocycles. The lowest BCUT2D eigenvalue weighted by atomic mass is 10.2. The maximum absolute atomic E-state index is 10.4. The van der Waals surface area contributed by atoms with E-state index in [2.05, 4.69) is 0 Å². The first-order valence-electron chi connectivity index (χ1n) is 4.29. The van der Waals surface area contributed by atoms with Crippen molar-refractivity contribution in [3.05, 3.63) is 47.7 Å². The molecule has 0 amide bonds. The zero-order chi connectivity index (χ0) is 10.2. The molecule has 3 heteroatoms.